The molecule has 0 saturated heterocycles. The molecule has 3 rings (SSSR count). The Morgan fingerprint density at radius 2 is 2.27 bits per heavy atom. The van der Waals surface area contributed by atoms with Crippen LogP contribution >= 0.6 is 0 Å². The van der Waals surface area contributed by atoms with Crippen LogP contribution in [0.2, 0.25) is 0 Å². The maximum Gasteiger partial charge on any atom is 0.251 e. The molecule has 3 nitrogen and oxygen atoms in total. The van der Waals surface area contributed by atoms with Crippen molar-refractivity contribution in [2.45, 2.75) is 38.5 Å². The summed E-state index contributed by atoms with van der Waals surface area (Å²) in [6.07, 6.45) is 5.30. The molecule has 1 N–H and O–H groups in total. The van der Waals surface area contributed by atoms with Gasteiger partial charge in [0, 0.05) is 17.7 Å². The first-order chi connectivity index (χ1) is 7.22. The number of fused-ring (bicyclic) bond motifs is 2. The Morgan fingerprint density at radius 3 is 2.87 bits per heavy atom. The third-order valence-electron chi connectivity index (χ3n) is 3.98. The van der Waals surface area contributed by atoms with Gasteiger partial charge in [0.05, 0.1) is 0 Å². The summed E-state index contributed by atoms with van der Waals surface area (Å²) in [5.41, 5.74) is 0.844. The first kappa shape index (κ1) is 9.13. The van der Waals surface area contributed by atoms with Gasteiger partial charge in [-0.1, -0.05) is 6.42 Å². The third kappa shape index (κ3) is 1.50. The SMILES string of the molecule is Cc1cc(=O)[nH]c(C2CC3CCC2C3)n1. The lowest BCUT2D eigenvalue weighted by molar-refractivity contribution is 0.404. The molecule has 80 valence electrons. The average Bonchev–Trinajstić information content (AvgIpc) is 2.76. The number of aryl methyl sites for hydroxylation is 1. The number of H-pyrrole nitrogens is 1. The highest BCUT2D eigenvalue weighted by molar-refractivity contribution is 5.10. The van der Waals surface area contributed by atoms with Crippen molar-refractivity contribution < 1.29 is 0 Å². The van der Waals surface area contributed by atoms with Gasteiger partial charge >= 0.3 is 0 Å². The highest BCUT2D eigenvalue weighted by Gasteiger charge is 2.41. The molecular weight excluding hydrogens is 188 g/mol. The zero-order valence-electron chi connectivity index (χ0n) is 8.99. The molecule has 1 aromatic heterocycles. The van der Waals surface area contributed by atoms with Crippen LogP contribution in [0.25, 0.3) is 0 Å². The predicted molar refractivity (Wildman–Crippen MR) is 57.8 cm³/mol. The van der Waals surface area contributed by atoms with Crippen LogP contribution in [0.4, 0.5) is 0 Å². The fourth-order valence-electron chi connectivity index (χ4n) is 3.36. The molecule has 15 heavy (non-hydrogen) atoms. The average molecular weight is 204 g/mol. The Morgan fingerprint density at radius 1 is 1.40 bits per heavy atom. The van der Waals surface area contributed by atoms with Crippen molar-refractivity contribution in [1.29, 1.82) is 0 Å². The van der Waals surface area contributed by atoms with Crippen LogP contribution in [0.1, 0.15) is 43.1 Å². The van der Waals surface area contributed by atoms with E-state index in [1.165, 1.54) is 25.7 Å². The summed E-state index contributed by atoms with van der Waals surface area (Å²) in [6.45, 7) is 1.89. The van der Waals surface area contributed by atoms with E-state index in [1.54, 1.807) is 6.07 Å². The van der Waals surface area contributed by atoms with Crippen LogP contribution in [0.5, 0.6) is 0 Å². The molecule has 1 heterocycles. The first-order valence-electron chi connectivity index (χ1n) is 5.80. The number of rotatable bonds is 1. The van der Waals surface area contributed by atoms with Gasteiger partial charge < -0.3 is 4.98 Å². The number of hydrogen-bond acceptors (Lipinski definition) is 2. The summed E-state index contributed by atoms with van der Waals surface area (Å²) >= 11 is 0. The van der Waals surface area contributed by atoms with Gasteiger partial charge in [-0.3, -0.25) is 4.79 Å². The smallest absolute Gasteiger partial charge is 0.251 e. The lowest BCUT2D eigenvalue weighted by atomic mass is 9.88. The van der Waals surface area contributed by atoms with Crippen LogP contribution < -0.4 is 5.56 Å². The van der Waals surface area contributed by atoms with Crippen molar-refractivity contribution in [2.24, 2.45) is 11.8 Å². The van der Waals surface area contributed by atoms with Crippen molar-refractivity contribution in [3.05, 3.63) is 27.9 Å². The van der Waals surface area contributed by atoms with Gasteiger partial charge in [0.25, 0.3) is 5.56 Å². The Kier molecular flexibility index (Phi) is 1.94. The molecule has 3 atom stereocenters. The quantitative estimate of drug-likeness (QED) is 0.760. The number of hydrogen-bond donors (Lipinski definition) is 1. The van der Waals surface area contributed by atoms with Crippen LogP contribution in [-0.4, -0.2) is 9.97 Å². The minimum atomic E-state index is 0.000253. The van der Waals surface area contributed by atoms with Gasteiger partial charge in [0.2, 0.25) is 0 Å². The van der Waals surface area contributed by atoms with E-state index >= 15 is 0 Å². The Labute approximate surface area is 88.9 Å². The minimum absolute atomic E-state index is 0.000253. The number of nitrogens with zero attached hydrogens (tertiary/aromatic N) is 1. The second kappa shape index (κ2) is 3.19. The van der Waals surface area contributed by atoms with E-state index in [9.17, 15) is 4.79 Å². The Hall–Kier alpha value is -1.12. The van der Waals surface area contributed by atoms with Gasteiger partial charge in [-0.2, -0.15) is 0 Å². The fraction of sp³-hybridized carbons (Fsp3) is 0.667. The molecule has 0 aliphatic heterocycles. The maximum absolute atomic E-state index is 11.4. The van der Waals surface area contributed by atoms with Crippen molar-refractivity contribution in [3.63, 3.8) is 0 Å². The molecule has 0 aromatic carbocycles. The summed E-state index contributed by atoms with van der Waals surface area (Å²) < 4.78 is 0. The van der Waals surface area contributed by atoms with Gasteiger partial charge in [-0.25, -0.2) is 4.98 Å². The van der Waals surface area contributed by atoms with Gasteiger partial charge in [-0.05, 0) is 38.0 Å². The van der Waals surface area contributed by atoms with Crippen LogP contribution in [0, 0.1) is 18.8 Å². The van der Waals surface area contributed by atoms with E-state index in [4.69, 9.17) is 0 Å². The maximum atomic E-state index is 11.4. The molecule has 0 radical (unpaired) electrons. The van der Waals surface area contributed by atoms with E-state index < -0.39 is 0 Å². The van der Waals surface area contributed by atoms with Crippen LogP contribution in [0.15, 0.2) is 10.9 Å². The van der Waals surface area contributed by atoms with E-state index in [1.807, 2.05) is 6.92 Å². The van der Waals surface area contributed by atoms with Crippen molar-refractivity contribution in [3.8, 4) is 0 Å². The first-order valence-corrected chi connectivity index (χ1v) is 5.80. The summed E-state index contributed by atoms with van der Waals surface area (Å²) in [5, 5.41) is 0. The summed E-state index contributed by atoms with van der Waals surface area (Å²) in [5.74, 6) is 3.13. The normalized spacial score (nSPS) is 33.5. The van der Waals surface area contributed by atoms with Gasteiger partial charge in [-0.15, -0.1) is 0 Å². The molecule has 2 fully saturated rings. The zero-order valence-corrected chi connectivity index (χ0v) is 8.99. The fourth-order valence-corrected chi connectivity index (χ4v) is 3.36. The lowest BCUT2D eigenvalue weighted by Crippen LogP contribution is -2.18. The number of nitrogens with one attached hydrogen (secondary N) is 1. The molecule has 1 aromatic rings. The monoisotopic (exact) mass is 204 g/mol. The molecule has 3 heteroatoms. The Bertz CT molecular complexity index is 437. The molecule has 2 saturated carbocycles. The summed E-state index contributed by atoms with van der Waals surface area (Å²) in [7, 11) is 0. The van der Waals surface area contributed by atoms with E-state index in [-0.39, 0.29) is 5.56 Å². The van der Waals surface area contributed by atoms with Crippen molar-refractivity contribution >= 4 is 0 Å². The molecule has 0 spiro atoms. The van der Waals surface area contributed by atoms with E-state index in [0.717, 1.165) is 23.4 Å². The number of aromatic nitrogens is 2. The minimum Gasteiger partial charge on any atom is -0.310 e. The van der Waals surface area contributed by atoms with Crippen LogP contribution in [0.3, 0.4) is 0 Å². The highest BCUT2D eigenvalue weighted by Crippen LogP contribution is 2.51. The lowest BCUT2D eigenvalue weighted by Gasteiger charge is -2.20. The second-order valence-corrected chi connectivity index (χ2v) is 5.05. The molecule has 2 bridgehead atoms. The highest BCUT2D eigenvalue weighted by atomic mass is 16.1. The topological polar surface area (TPSA) is 45.8 Å². The molecular formula is C12H16N2O. The largest absolute Gasteiger partial charge is 0.310 e. The molecule has 2 aliphatic carbocycles. The molecule has 3 unspecified atom stereocenters. The standard InChI is InChI=1S/C12H16N2O/c1-7-4-11(15)14-12(13-7)10-6-8-2-3-9(10)5-8/h4,8-10H,2-3,5-6H2,1H3,(H,13,14,15). The second-order valence-electron chi connectivity index (χ2n) is 5.05. The number of aromatic amines is 1. The van der Waals surface area contributed by atoms with Crippen LogP contribution in [-0.2, 0) is 0 Å². The third-order valence-corrected chi connectivity index (χ3v) is 3.98. The predicted octanol–water partition coefficient (Wildman–Crippen LogP) is 1.98. The summed E-state index contributed by atoms with van der Waals surface area (Å²) in [4.78, 5) is 18.8. The zero-order chi connectivity index (χ0) is 10.4. The van der Waals surface area contributed by atoms with Gasteiger partial charge in [0.1, 0.15) is 5.82 Å². The summed E-state index contributed by atoms with van der Waals surface area (Å²) in [6, 6.07) is 1.57. The van der Waals surface area contributed by atoms with Crippen molar-refractivity contribution in [2.75, 3.05) is 0 Å². The van der Waals surface area contributed by atoms with Gasteiger partial charge in [0.15, 0.2) is 0 Å². The van der Waals surface area contributed by atoms with Crippen molar-refractivity contribution in [1.82, 2.24) is 9.97 Å². The Balaban J connectivity index is 1.96. The van der Waals surface area contributed by atoms with E-state index in [2.05, 4.69) is 9.97 Å². The van der Waals surface area contributed by atoms with E-state index in [0.29, 0.717) is 5.92 Å². The molecule has 0 amide bonds. The molecule has 2 aliphatic rings.